The van der Waals surface area contributed by atoms with E-state index in [1.807, 2.05) is 4.90 Å². The highest BCUT2D eigenvalue weighted by atomic mass is 19.2. The molecule has 0 aromatic heterocycles. The highest BCUT2D eigenvalue weighted by Crippen LogP contribution is 2.33. The molecule has 0 bridgehead atoms. The highest BCUT2D eigenvalue weighted by Gasteiger charge is 2.27. The molecule has 0 aliphatic carbocycles. The first kappa shape index (κ1) is 12.8. The van der Waals surface area contributed by atoms with Crippen molar-refractivity contribution in [1.82, 2.24) is 0 Å². The van der Waals surface area contributed by atoms with E-state index < -0.39 is 11.6 Å². The van der Waals surface area contributed by atoms with Gasteiger partial charge in [0, 0.05) is 13.1 Å². The van der Waals surface area contributed by atoms with Crippen molar-refractivity contribution in [3.63, 3.8) is 0 Å². The predicted molar refractivity (Wildman–Crippen MR) is 66.3 cm³/mol. The summed E-state index contributed by atoms with van der Waals surface area (Å²) in [5.74, 6) is -1.95. The Morgan fingerprint density at radius 1 is 1.17 bits per heavy atom. The molecule has 1 saturated heterocycles. The lowest BCUT2D eigenvalue weighted by Crippen LogP contribution is -2.37. The van der Waals surface area contributed by atoms with Gasteiger partial charge in [0.25, 0.3) is 0 Å². The molecule has 0 radical (unpaired) electrons. The van der Waals surface area contributed by atoms with E-state index in [1.54, 1.807) is 6.07 Å². The number of anilines is 1. The largest absolute Gasteiger partial charge is 0.369 e. The second kappa shape index (κ2) is 4.56. The standard InChI is InChI=1S/C14H16F2N2/c1-14(2)5-7-18(8-6-14)11-4-3-10(9-17)12(15)13(11)16/h3-4H,5-8H2,1-2H3. The first-order valence-electron chi connectivity index (χ1n) is 6.08. The van der Waals surface area contributed by atoms with Crippen molar-refractivity contribution in [2.75, 3.05) is 18.0 Å². The minimum absolute atomic E-state index is 0.242. The SMILES string of the molecule is CC1(C)CCN(c2ccc(C#N)c(F)c2F)CC1. The Morgan fingerprint density at radius 3 is 2.33 bits per heavy atom. The van der Waals surface area contributed by atoms with Crippen molar-refractivity contribution in [3.05, 3.63) is 29.3 Å². The van der Waals surface area contributed by atoms with Crippen LogP contribution in [0.25, 0.3) is 0 Å². The molecule has 1 aliphatic rings. The maximum atomic E-state index is 13.9. The molecule has 1 aromatic rings. The van der Waals surface area contributed by atoms with Gasteiger partial charge >= 0.3 is 0 Å². The number of hydrogen-bond donors (Lipinski definition) is 0. The summed E-state index contributed by atoms with van der Waals surface area (Å²) < 4.78 is 27.4. The molecule has 0 saturated carbocycles. The molecule has 0 atom stereocenters. The van der Waals surface area contributed by atoms with Gasteiger partial charge in [0.1, 0.15) is 6.07 Å². The lowest BCUT2D eigenvalue weighted by Gasteiger charge is -2.38. The van der Waals surface area contributed by atoms with Gasteiger partial charge in [-0.2, -0.15) is 5.26 Å². The third kappa shape index (κ3) is 2.31. The van der Waals surface area contributed by atoms with Crippen LogP contribution in [-0.4, -0.2) is 13.1 Å². The average molecular weight is 250 g/mol. The number of nitrogens with zero attached hydrogens (tertiary/aromatic N) is 2. The lowest BCUT2D eigenvalue weighted by atomic mass is 9.82. The summed E-state index contributed by atoms with van der Waals surface area (Å²) >= 11 is 0. The molecule has 0 amide bonds. The molecule has 2 nitrogen and oxygen atoms in total. The van der Waals surface area contributed by atoms with Gasteiger partial charge < -0.3 is 4.90 Å². The molecular formula is C14H16F2N2. The first-order valence-corrected chi connectivity index (χ1v) is 6.08. The predicted octanol–water partition coefficient (Wildman–Crippen LogP) is 3.46. The number of piperidine rings is 1. The van der Waals surface area contributed by atoms with Gasteiger partial charge in [-0.05, 0) is 30.4 Å². The van der Waals surface area contributed by atoms with Gasteiger partial charge in [0.05, 0.1) is 11.3 Å². The van der Waals surface area contributed by atoms with Crippen LogP contribution in [0.3, 0.4) is 0 Å². The van der Waals surface area contributed by atoms with Crippen molar-refractivity contribution >= 4 is 5.69 Å². The third-order valence-electron chi connectivity index (χ3n) is 3.64. The quantitative estimate of drug-likeness (QED) is 0.763. The lowest BCUT2D eigenvalue weighted by molar-refractivity contribution is 0.278. The first-order chi connectivity index (χ1) is 8.44. The van der Waals surface area contributed by atoms with Gasteiger partial charge in [-0.25, -0.2) is 8.78 Å². The number of hydrogen-bond acceptors (Lipinski definition) is 2. The van der Waals surface area contributed by atoms with Gasteiger partial charge in [-0.3, -0.25) is 0 Å². The van der Waals surface area contributed by atoms with Crippen molar-refractivity contribution in [1.29, 1.82) is 5.26 Å². The summed E-state index contributed by atoms with van der Waals surface area (Å²) in [5, 5.41) is 8.64. The van der Waals surface area contributed by atoms with Crippen molar-refractivity contribution in [2.45, 2.75) is 26.7 Å². The smallest absolute Gasteiger partial charge is 0.183 e. The zero-order valence-corrected chi connectivity index (χ0v) is 10.6. The van der Waals surface area contributed by atoms with Crippen LogP contribution in [0.4, 0.5) is 14.5 Å². The number of halogens is 2. The van der Waals surface area contributed by atoms with Crippen LogP contribution >= 0.6 is 0 Å². The summed E-state index contributed by atoms with van der Waals surface area (Å²) in [5.41, 5.74) is 0.286. The highest BCUT2D eigenvalue weighted by molar-refractivity contribution is 5.52. The molecule has 4 heteroatoms. The van der Waals surface area contributed by atoms with Crippen LogP contribution < -0.4 is 4.90 Å². The summed E-state index contributed by atoms with van der Waals surface area (Å²) in [6.07, 6.45) is 1.90. The van der Waals surface area contributed by atoms with E-state index in [0.29, 0.717) is 0 Å². The van der Waals surface area contributed by atoms with E-state index in [1.165, 1.54) is 12.1 Å². The Balaban J connectivity index is 2.26. The fourth-order valence-electron chi connectivity index (χ4n) is 2.22. The molecule has 2 rings (SSSR count). The Kier molecular flexibility index (Phi) is 3.25. The Labute approximate surface area is 106 Å². The fourth-order valence-corrected chi connectivity index (χ4v) is 2.22. The summed E-state index contributed by atoms with van der Waals surface area (Å²) in [6.45, 7) is 5.80. The normalized spacial score (nSPS) is 18.5. The van der Waals surface area contributed by atoms with Gasteiger partial charge in [-0.15, -0.1) is 0 Å². The average Bonchev–Trinajstić information content (AvgIpc) is 2.33. The third-order valence-corrected chi connectivity index (χ3v) is 3.64. The van der Waals surface area contributed by atoms with Gasteiger partial charge in [0.15, 0.2) is 11.6 Å². The maximum absolute atomic E-state index is 13.9. The molecule has 18 heavy (non-hydrogen) atoms. The van der Waals surface area contributed by atoms with Crippen LogP contribution in [0.15, 0.2) is 12.1 Å². The topological polar surface area (TPSA) is 27.0 Å². The maximum Gasteiger partial charge on any atom is 0.183 e. The molecule has 96 valence electrons. The monoisotopic (exact) mass is 250 g/mol. The number of rotatable bonds is 1. The van der Waals surface area contributed by atoms with Gasteiger partial charge in [-0.1, -0.05) is 13.8 Å². The molecule has 1 aliphatic heterocycles. The fraction of sp³-hybridized carbons (Fsp3) is 0.500. The van der Waals surface area contributed by atoms with Crippen molar-refractivity contribution in [2.24, 2.45) is 5.41 Å². The molecule has 1 heterocycles. The minimum atomic E-state index is -1.04. The van der Waals surface area contributed by atoms with E-state index in [9.17, 15) is 8.78 Å². The Bertz CT molecular complexity index is 493. The molecule has 0 N–H and O–H groups in total. The van der Waals surface area contributed by atoms with E-state index in [-0.39, 0.29) is 16.7 Å². The number of benzene rings is 1. The van der Waals surface area contributed by atoms with Crippen molar-refractivity contribution in [3.8, 4) is 6.07 Å². The van der Waals surface area contributed by atoms with E-state index >= 15 is 0 Å². The van der Waals surface area contributed by atoms with Crippen LogP contribution in [0.5, 0.6) is 0 Å². The molecule has 0 spiro atoms. The van der Waals surface area contributed by atoms with Crippen LogP contribution in [0, 0.1) is 28.4 Å². The van der Waals surface area contributed by atoms with Crippen LogP contribution in [0.1, 0.15) is 32.3 Å². The van der Waals surface area contributed by atoms with E-state index in [4.69, 9.17) is 5.26 Å². The second-order valence-corrected chi connectivity index (χ2v) is 5.52. The van der Waals surface area contributed by atoms with Crippen LogP contribution in [-0.2, 0) is 0 Å². The van der Waals surface area contributed by atoms with Crippen molar-refractivity contribution < 1.29 is 8.78 Å². The molecule has 1 aromatic carbocycles. The van der Waals surface area contributed by atoms with Gasteiger partial charge in [0.2, 0.25) is 0 Å². The Hall–Kier alpha value is -1.63. The zero-order valence-electron chi connectivity index (χ0n) is 10.6. The molecular weight excluding hydrogens is 234 g/mol. The number of nitriles is 1. The Morgan fingerprint density at radius 2 is 1.78 bits per heavy atom. The minimum Gasteiger partial charge on any atom is -0.369 e. The van der Waals surface area contributed by atoms with Crippen LogP contribution in [0.2, 0.25) is 0 Å². The summed E-state index contributed by atoms with van der Waals surface area (Å²) in [4.78, 5) is 1.85. The second-order valence-electron chi connectivity index (χ2n) is 5.52. The molecule has 1 fully saturated rings. The summed E-state index contributed by atoms with van der Waals surface area (Å²) in [7, 11) is 0. The van der Waals surface area contributed by atoms with E-state index in [2.05, 4.69) is 13.8 Å². The molecule has 0 unspecified atom stereocenters. The summed E-state index contributed by atoms with van der Waals surface area (Å²) in [6, 6.07) is 4.48. The van der Waals surface area contributed by atoms with E-state index in [0.717, 1.165) is 25.9 Å². The zero-order chi connectivity index (χ0) is 13.3.